The maximum atomic E-state index is 13.0. The van der Waals surface area contributed by atoms with Gasteiger partial charge < -0.3 is 0 Å². The summed E-state index contributed by atoms with van der Waals surface area (Å²) in [6, 6.07) is 0. The molecule has 0 aromatic rings. The minimum absolute atomic E-state index is 3.61. The van der Waals surface area contributed by atoms with Gasteiger partial charge in [0.05, 0.1) is 6.42 Å². The molecule has 19 heavy (non-hydrogen) atoms. The molecule has 1 fully saturated rings. The zero-order chi connectivity index (χ0) is 15.7. The van der Waals surface area contributed by atoms with E-state index < -0.39 is 42.0 Å². The lowest BCUT2D eigenvalue weighted by Crippen LogP contribution is -2.79. The van der Waals surface area contributed by atoms with Crippen LogP contribution >= 0.6 is 0 Å². The Bertz CT molecular complexity index is 350. The lowest BCUT2D eigenvalue weighted by Gasteiger charge is -2.49. The van der Waals surface area contributed by atoms with Gasteiger partial charge in [0, 0.05) is 0 Å². The molecule has 0 aliphatic heterocycles. The van der Waals surface area contributed by atoms with Gasteiger partial charge in [-0.25, -0.2) is 4.39 Å². The molecule has 0 amide bonds. The number of halogens is 12. The fourth-order valence-corrected chi connectivity index (χ4v) is 1.56. The van der Waals surface area contributed by atoms with Gasteiger partial charge in [-0.2, -0.15) is 48.3 Å². The van der Waals surface area contributed by atoms with Crippen molar-refractivity contribution in [3.63, 3.8) is 0 Å². The second kappa shape index (κ2) is 3.43. The third-order valence-corrected chi connectivity index (χ3v) is 2.62. The molecular weight excluding hydrogens is 312 g/mol. The molecule has 0 spiro atoms. The van der Waals surface area contributed by atoms with Crippen LogP contribution < -0.4 is 0 Å². The summed E-state index contributed by atoms with van der Waals surface area (Å²) in [5, 5.41) is 0. The zero-order valence-electron chi connectivity index (χ0n) is 8.24. The van der Waals surface area contributed by atoms with Gasteiger partial charge in [-0.15, -0.1) is 0 Å². The van der Waals surface area contributed by atoms with Gasteiger partial charge in [0.25, 0.3) is 0 Å². The standard InChI is InChI=1S/C7H2F12/c8-2(9)1-3(10,11)6(15,16)4(12,5(2,13)14)7(17,18)19/h1H2. The number of hydrogen-bond donors (Lipinski definition) is 0. The molecule has 0 heterocycles. The topological polar surface area (TPSA) is 0 Å². The summed E-state index contributed by atoms with van der Waals surface area (Å²) in [6.45, 7) is 0. The molecule has 0 radical (unpaired) electrons. The minimum atomic E-state index is -7.39. The molecule has 114 valence electrons. The van der Waals surface area contributed by atoms with Crippen molar-refractivity contribution in [2.75, 3.05) is 0 Å². The summed E-state index contributed by atoms with van der Waals surface area (Å²) in [5.74, 6) is -26.7. The van der Waals surface area contributed by atoms with Crippen LogP contribution in [0.4, 0.5) is 52.7 Å². The van der Waals surface area contributed by atoms with Crippen molar-refractivity contribution in [2.45, 2.75) is 42.0 Å². The summed E-state index contributed by atoms with van der Waals surface area (Å²) < 4.78 is 150. The molecule has 1 aliphatic rings. The van der Waals surface area contributed by atoms with Crippen molar-refractivity contribution in [1.82, 2.24) is 0 Å². The average molecular weight is 314 g/mol. The Kier molecular flexibility index (Phi) is 2.92. The summed E-state index contributed by atoms with van der Waals surface area (Å²) >= 11 is 0. The highest BCUT2D eigenvalue weighted by molar-refractivity contribution is 5.22. The first-order chi connectivity index (χ1) is 7.96. The van der Waals surface area contributed by atoms with Crippen molar-refractivity contribution >= 4 is 0 Å². The summed E-state index contributed by atoms with van der Waals surface area (Å²) in [7, 11) is 0. The Morgan fingerprint density at radius 2 is 0.842 bits per heavy atom. The molecule has 12 heteroatoms. The molecule has 1 rings (SSSR count). The Morgan fingerprint density at radius 1 is 0.579 bits per heavy atom. The van der Waals surface area contributed by atoms with Crippen molar-refractivity contribution in [3.8, 4) is 0 Å². The van der Waals surface area contributed by atoms with Gasteiger partial charge in [0.1, 0.15) is 0 Å². The van der Waals surface area contributed by atoms with Crippen LogP contribution in [0, 0.1) is 0 Å². The van der Waals surface area contributed by atoms with E-state index in [-0.39, 0.29) is 0 Å². The Labute approximate surface area is 95.9 Å². The molecule has 0 atom stereocenters. The van der Waals surface area contributed by atoms with Crippen LogP contribution in [-0.2, 0) is 0 Å². The van der Waals surface area contributed by atoms with Crippen molar-refractivity contribution in [2.24, 2.45) is 0 Å². The van der Waals surface area contributed by atoms with E-state index in [1.165, 1.54) is 0 Å². The highest BCUT2D eigenvalue weighted by Gasteiger charge is 2.97. The van der Waals surface area contributed by atoms with E-state index >= 15 is 0 Å². The van der Waals surface area contributed by atoms with Gasteiger partial charge in [0.2, 0.25) is 0 Å². The summed E-state index contributed by atoms with van der Waals surface area (Å²) in [4.78, 5) is 0. The van der Waals surface area contributed by atoms with Crippen LogP contribution in [0.15, 0.2) is 0 Å². The van der Waals surface area contributed by atoms with E-state index in [0.29, 0.717) is 0 Å². The number of hydrogen-bond acceptors (Lipinski definition) is 0. The molecule has 0 aromatic carbocycles. The molecule has 1 saturated carbocycles. The maximum Gasteiger partial charge on any atom is 0.435 e. The maximum absolute atomic E-state index is 13.0. The van der Waals surface area contributed by atoms with E-state index in [0.717, 1.165) is 0 Å². The lowest BCUT2D eigenvalue weighted by molar-refractivity contribution is -0.463. The van der Waals surface area contributed by atoms with Crippen molar-refractivity contribution in [3.05, 3.63) is 0 Å². The predicted octanol–water partition coefficient (Wildman–Crippen LogP) is 4.20. The Balaban J connectivity index is 3.70. The molecular formula is C7H2F12. The largest absolute Gasteiger partial charge is 0.435 e. The third kappa shape index (κ3) is 1.57. The molecule has 1 aliphatic carbocycles. The van der Waals surface area contributed by atoms with Crippen LogP contribution in [0.3, 0.4) is 0 Å². The normalized spacial score (nSPS) is 30.9. The highest BCUT2D eigenvalue weighted by Crippen LogP contribution is 2.68. The Morgan fingerprint density at radius 3 is 1.05 bits per heavy atom. The fourth-order valence-electron chi connectivity index (χ4n) is 1.56. The first-order valence-electron chi connectivity index (χ1n) is 4.22. The van der Waals surface area contributed by atoms with Crippen LogP contribution in [0.1, 0.15) is 6.42 Å². The first kappa shape index (κ1) is 16.2. The number of rotatable bonds is 0. The number of alkyl halides is 12. The van der Waals surface area contributed by atoms with Crippen molar-refractivity contribution in [1.29, 1.82) is 0 Å². The monoisotopic (exact) mass is 314 g/mol. The molecule has 0 unspecified atom stereocenters. The summed E-state index contributed by atoms with van der Waals surface area (Å²) in [5.41, 5.74) is -7.39. The van der Waals surface area contributed by atoms with E-state index in [1.807, 2.05) is 0 Å². The molecule has 0 N–H and O–H groups in total. The van der Waals surface area contributed by atoms with Crippen LogP contribution in [0.25, 0.3) is 0 Å². The molecule has 0 nitrogen and oxygen atoms in total. The Hall–Kier alpha value is -0.840. The smallest absolute Gasteiger partial charge is 0.219 e. The van der Waals surface area contributed by atoms with Crippen molar-refractivity contribution < 1.29 is 52.7 Å². The first-order valence-corrected chi connectivity index (χ1v) is 4.22. The second-order valence-electron chi connectivity index (χ2n) is 3.89. The van der Waals surface area contributed by atoms with E-state index in [4.69, 9.17) is 0 Å². The van der Waals surface area contributed by atoms with Gasteiger partial charge >= 0.3 is 35.5 Å². The second-order valence-corrected chi connectivity index (χ2v) is 3.89. The van der Waals surface area contributed by atoms with E-state index in [1.54, 1.807) is 0 Å². The molecule has 0 aromatic heterocycles. The van der Waals surface area contributed by atoms with Gasteiger partial charge in [-0.05, 0) is 0 Å². The third-order valence-electron chi connectivity index (χ3n) is 2.62. The summed E-state index contributed by atoms with van der Waals surface area (Å²) in [6.07, 6.45) is -10.9. The van der Waals surface area contributed by atoms with Gasteiger partial charge in [-0.3, -0.25) is 0 Å². The van der Waals surface area contributed by atoms with E-state index in [9.17, 15) is 52.7 Å². The quantitative estimate of drug-likeness (QED) is 0.588. The van der Waals surface area contributed by atoms with Crippen LogP contribution in [-0.4, -0.2) is 35.5 Å². The molecule has 0 bridgehead atoms. The SMILES string of the molecule is FC(F)(F)C1(F)C(F)(F)C(F)(F)CC(F)(F)C1(F)F. The predicted molar refractivity (Wildman–Crippen MR) is 34.3 cm³/mol. The molecule has 0 saturated heterocycles. The van der Waals surface area contributed by atoms with Crippen LogP contribution in [0.2, 0.25) is 0 Å². The van der Waals surface area contributed by atoms with E-state index in [2.05, 4.69) is 0 Å². The van der Waals surface area contributed by atoms with Gasteiger partial charge in [-0.1, -0.05) is 0 Å². The fraction of sp³-hybridized carbons (Fsp3) is 1.00. The van der Waals surface area contributed by atoms with Crippen LogP contribution in [0.5, 0.6) is 0 Å². The lowest BCUT2D eigenvalue weighted by atomic mass is 9.74. The minimum Gasteiger partial charge on any atom is -0.219 e. The zero-order valence-corrected chi connectivity index (χ0v) is 8.24. The van der Waals surface area contributed by atoms with Gasteiger partial charge in [0.15, 0.2) is 0 Å². The average Bonchev–Trinajstić information content (AvgIpc) is 2.10. The highest BCUT2D eigenvalue weighted by atomic mass is 19.4.